The summed E-state index contributed by atoms with van der Waals surface area (Å²) < 4.78 is 8.54. The highest BCUT2D eigenvalue weighted by atomic mass is 79.9. The predicted molar refractivity (Wildman–Crippen MR) is 152 cm³/mol. The second-order valence-corrected chi connectivity index (χ2v) is 14.6. The summed E-state index contributed by atoms with van der Waals surface area (Å²) in [5, 5.41) is 15.3. The standard InChI is InChI=1S/C26H37Br2N3O10/c1-7-8-9-16(20(35)29-13-12-19(34)41-31-17(32)10-11-18(31)33)30-21(36)26(6,14-39-22(37)24(2,3)27)15-40-23(38)25(4,5)28/h1,16-17,32H,8-15H2,2-6H3,(H,29,35)(H,30,36). The van der Waals surface area contributed by atoms with Gasteiger partial charge in [-0.2, -0.15) is 0 Å². The van der Waals surface area contributed by atoms with E-state index < -0.39 is 75.2 Å². The van der Waals surface area contributed by atoms with Crippen LogP contribution in [0.15, 0.2) is 0 Å². The lowest BCUT2D eigenvalue weighted by Gasteiger charge is -2.31. The molecule has 1 aliphatic rings. The van der Waals surface area contributed by atoms with Gasteiger partial charge in [0.05, 0.1) is 6.42 Å². The minimum atomic E-state index is -1.59. The maximum absolute atomic E-state index is 13.4. The van der Waals surface area contributed by atoms with Crippen LogP contribution in [-0.4, -0.2) is 86.5 Å². The van der Waals surface area contributed by atoms with Crippen LogP contribution in [0.1, 0.15) is 66.7 Å². The molecule has 13 nitrogen and oxygen atoms in total. The molecule has 0 spiro atoms. The lowest BCUT2D eigenvalue weighted by atomic mass is 9.90. The molecule has 0 aromatic carbocycles. The second-order valence-electron chi connectivity index (χ2n) is 10.7. The molecule has 0 saturated carbocycles. The number of hydroxylamine groups is 2. The summed E-state index contributed by atoms with van der Waals surface area (Å²) in [6.45, 7) is 6.49. The van der Waals surface area contributed by atoms with Gasteiger partial charge in [0.1, 0.15) is 33.3 Å². The molecular weight excluding hydrogens is 674 g/mol. The van der Waals surface area contributed by atoms with Crippen molar-refractivity contribution in [3.05, 3.63) is 0 Å². The Morgan fingerprint density at radius 2 is 1.61 bits per heavy atom. The van der Waals surface area contributed by atoms with Gasteiger partial charge in [-0.25, -0.2) is 4.79 Å². The van der Waals surface area contributed by atoms with Crippen molar-refractivity contribution >= 4 is 67.5 Å². The molecule has 1 aliphatic heterocycles. The van der Waals surface area contributed by atoms with Crippen LogP contribution in [0.4, 0.5) is 0 Å². The Morgan fingerprint density at radius 3 is 2.05 bits per heavy atom. The zero-order valence-corrected chi connectivity index (χ0v) is 26.9. The number of aliphatic hydroxyl groups excluding tert-OH is 1. The van der Waals surface area contributed by atoms with Crippen molar-refractivity contribution in [2.75, 3.05) is 19.8 Å². The molecular formula is C26H37Br2N3O10. The summed E-state index contributed by atoms with van der Waals surface area (Å²) in [4.78, 5) is 79.6. The molecule has 1 saturated heterocycles. The van der Waals surface area contributed by atoms with E-state index in [1.165, 1.54) is 6.92 Å². The average Bonchev–Trinajstić information content (AvgIpc) is 3.18. The summed E-state index contributed by atoms with van der Waals surface area (Å²) in [7, 11) is 0. The number of amides is 3. The van der Waals surface area contributed by atoms with Crippen LogP contribution in [0, 0.1) is 17.8 Å². The maximum atomic E-state index is 13.4. The highest BCUT2D eigenvalue weighted by Crippen LogP contribution is 2.25. The quantitative estimate of drug-likeness (QED) is 0.127. The first kappa shape index (κ1) is 36.3. The summed E-state index contributed by atoms with van der Waals surface area (Å²) >= 11 is 6.37. The Balaban J connectivity index is 2.92. The monoisotopic (exact) mass is 709 g/mol. The zero-order chi connectivity index (χ0) is 31.6. The van der Waals surface area contributed by atoms with Crippen LogP contribution in [0.2, 0.25) is 0 Å². The molecule has 2 atom stereocenters. The number of carbonyl (C=O) groups excluding carboxylic acids is 6. The van der Waals surface area contributed by atoms with E-state index in [0.717, 1.165) is 0 Å². The van der Waals surface area contributed by atoms with Crippen LogP contribution < -0.4 is 10.6 Å². The van der Waals surface area contributed by atoms with Gasteiger partial charge in [-0.3, -0.25) is 24.0 Å². The smallest absolute Gasteiger partial charge is 0.334 e. The number of aliphatic hydroxyl groups is 1. The Hall–Kier alpha value is -2.70. The Kier molecular flexibility index (Phi) is 13.7. The molecule has 0 aromatic rings. The molecule has 1 fully saturated rings. The van der Waals surface area contributed by atoms with Crippen molar-refractivity contribution in [1.82, 2.24) is 15.7 Å². The average molecular weight is 711 g/mol. The minimum Gasteiger partial charge on any atom is -0.463 e. The number of terminal acetylenes is 1. The normalized spacial score (nSPS) is 16.3. The van der Waals surface area contributed by atoms with E-state index in [1.54, 1.807) is 27.7 Å². The fourth-order valence-corrected chi connectivity index (χ4v) is 3.35. The topological polar surface area (TPSA) is 178 Å². The van der Waals surface area contributed by atoms with Crippen LogP contribution in [0.25, 0.3) is 0 Å². The van der Waals surface area contributed by atoms with Gasteiger partial charge in [0, 0.05) is 25.8 Å². The van der Waals surface area contributed by atoms with Gasteiger partial charge >= 0.3 is 17.9 Å². The highest BCUT2D eigenvalue weighted by molar-refractivity contribution is 9.10. The maximum Gasteiger partial charge on any atom is 0.334 e. The lowest BCUT2D eigenvalue weighted by molar-refractivity contribution is -0.220. The highest BCUT2D eigenvalue weighted by Gasteiger charge is 2.41. The Labute approximate surface area is 256 Å². The number of carbonyl (C=O) groups is 6. The van der Waals surface area contributed by atoms with Crippen molar-refractivity contribution in [2.45, 2.75) is 87.6 Å². The molecule has 15 heteroatoms. The van der Waals surface area contributed by atoms with E-state index in [9.17, 15) is 33.9 Å². The number of ether oxygens (including phenoxy) is 2. The molecule has 2 unspecified atom stereocenters. The van der Waals surface area contributed by atoms with E-state index in [1.807, 2.05) is 0 Å². The Bertz CT molecular complexity index is 1020. The first-order valence-electron chi connectivity index (χ1n) is 12.8. The molecule has 0 bridgehead atoms. The fourth-order valence-electron chi connectivity index (χ4n) is 3.12. The molecule has 3 N–H and O–H groups in total. The minimum absolute atomic E-state index is 0.0332. The second kappa shape index (κ2) is 15.5. The van der Waals surface area contributed by atoms with Crippen molar-refractivity contribution < 1.29 is 48.2 Å². The van der Waals surface area contributed by atoms with E-state index in [-0.39, 0.29) is 38.6 Å². The van der Waals surface area contributed by atoms with E-state index >= 15 is 0 Å². The molecule has 230 valence electrons. The van der Waals surface area contributed by atoms with Gasteiger partial charge in [0.15, 0.2) is 6.23 Å². The van der Waals surface area contributed by atoms with Gasteiger partial charge in [-0.05, 0) is 41.0 Å². The number of esters is 2. The largest absolute Gasteiger partial charge is 0.463 e. The lowest BCUT2D eigenvalue weighted by Crippen LogP contribution is -2.54. The van der Waals surface area contributed by atoms with Crippen molar-refractivity contribution in [3.8, 4) is 12.3 Å². The number of alkyl halides is 2. The summed E-state index contributed by atoms with van der Waals surface area (Å²) in [5.74, 6) is -1.76. The molecule has 0 aliphatic carbocycles. The number of hydrogen-bond donors (Lipinski definition) is 3. The van der Waals surface area contributed by atoms with Gasteiger partial charge in [0.2, 0.25) is 11.8 Å². The first-order chi connectivity index (χ1) is 18.8. The number of halogens is 2. The third-order valence-electron chi connectivity index (χ3n) is 5.72. The molecule has 3 amide bonds. The SMILES string of the molecule is C#CCCC(NC(=O)C(C)(COC(=O)C(C)(C)Br)COC(=O)C(C)(C)Br)C(=O)NCCC(=O)ON1C(=O)CCC1O. The summed E-state index contributed by atoms with van der Waals surface area (Å²) in [6, 6.07) is -1.15. The summed E-state index contributed by atoms with van der Waals surface area (Å²) in [5.41, 5.74) is -1.59. The number of nitrogens with zero attached hydrogens (tertiary/aromatic N) is 1. The van der Waals surface area contributed by atoms with Crippen molar-refractivity contribution in [1.29, 1.82) is 0 Å². The van der Waals surface area contributed by atoms with Gasteiger partial charge in [0.25, 0.3) is 5.91 Å². The molecule has 0 radical (unpaired) electrons. The third kappa shape index (κ3) is 12.0. The predicted octanol–water partition coefficient (Wildman–Crippen LogP) is 1.23. The van der Waals surface area contributed by atoms with E-state index in [4.69, 9.17) is 20.7 Å². The zero-order valence-electron chi connectivity index (χ0n) is 23.7. The Morgan fingerprint density at radius 1 is 1.07 bits per heavy atom. The molecule has 1 rings (SSSR count). The third-order valence-corrected chi connectivity index (χ3v) is 6.37. The molecule has 0 aromatic heterocycles. The van der Waals surface area contributed by atoms with Crippen LogP contribution in [0.5, 0.6) is 0 Å². The first-order valence-corrected chi connectivity index (χ1v) is 14.4. The van der Waals surface area contributed by atoms with Gasteiger partial charge in [-0.1, -0.05) is 31.9 Å². The fraction of sp³-hybridized carbons (Fsp3) is 0.692. The van der Waals surface area contributed by atoms with Gasteiger partial charge in [-0.15, -0.1) is 17.4 Å². The number of nitrogens with one attached hydrogen (secondary N) is 2. The molecule has 1 heterocycles. The van der Waals surface area contributed by atoms with Crippen LogP contribution in [0.3, 0.4) is 0 Å². The molecule has 41 heavy (non-hydrogen) atoms. The van der Waals surface area contributed by atoms with Crippen molar-refractivity contribution in [2.24, 2.45) is 5.41 Å². The van der Waals surface area contributed by atoms with Crippen molar-refractivity contribution in [3.63, 3.8) is 0 Å². The van der Waals surface area contributed by atoms with E-state index in [2.05, 4.69) is 48.4 Å². The summed E-state index contributed by atoms with van der Waals surface area (Å²) in [6.07, 6.45) is 4.12. The van der Waals surface area contributed by atoms with E-state index in [0.29, 0.717) is 5.06 Å². The van der Waals surface area contributed by atoms with Crippen LogP contribution >= 0.6 is 31.9 Å². The number of hydrogen-bond acceptors (Lipinski definition) is 10. The van der Waals surface area contributed by atoms with Gasteiger partial charge < -0.3 is 30.1 Å². The number of rotatable bonds is 15. The van der Waals surface area contributed by atoms with Crippen LogP contribution in [-0.2, 0) is 43.1 Å².